The Kier molecular flexibility index (Phi) is 4.03. The van der Waals surface area contributed by atoms with Crippen molar-refractivity contribution in [2.75, 3.05) is 6.54 Å². The van der Waals surface area contributed by atoms with Crippen LogP contribution in [0.2, 0.25) is 0 Å². The average Bonchev–Trinajstić information content (AvgIpc) is 3.25. The number of aromatic amines is 1. The van der Waals surface area contributed by atoms with Gasteiger partial charge in [0.1, 0.15) is 17.4 Å². The monoisotopic (exact) mass is 377 g/mol. The van der Waals surface area contributed by atoms with Crippen molar-refractivity contribution in [3.8, 4) is 11.4 Å². The van der Waals surface area contributed by atoms with Gasteiger partial charge in [0.25, 0.3) is 11.5 Å². The number of amides is 1. The lowest BCUT2D eigenvalue weighted by molar-refractivity contribution is 0.0707. The molecule has 1 amide bonds. The van der Waals surface area contributed by atoms with Crippen LogP contribution >= 0.6 is 0 Å². The zero-order chi connectivity index (χ0) is 19.1. The van der Waals surface area contributed by atoms with E-state index < -0.39 is 0 Å². The zero-order valence-electron chi connectivity index (χ0n) is 15.2. The minimum Gasteiger partial charge on any atom is -0.337 e. The maximum absolute atomic E-state index is 13.0. The van der Waals surface area contributed by atoms with E-state index in [4.69, 9.17) is 4.52 Å². The summed E-state index contributed by atoms with van der Waals surface area (Å²) in [6.45, 7) is 0.538. The van der Waals surface area contributed by atoms with Crippen LogP contribution in [0.3, 0.4) is 0 Å². The third-order valence-corrected chi connectivity index (χ3v) is 5.29. The molecule has 1 aliphatic heterocycles. The molecule has 0 unspecified atom stereocenters. The Morgan fingerprint density at radius 2 is 2.00 bits per heavy atom. The van der Waals surface area contributed by atoms with E-state index in [2.05, 4.69) is 20.1 Å². The van der Waals surface area contributed by atoms with Crippen molar-refractivity contribution in [1.29, 1.82) is 0 Å². The quantitative estimate of drug-likeness (QED) is 0.749. The van der Waals surface area contributed by atoms with Gasteiger partial charge in [0.2, 0.25) is 11.7 Å². The second-order valence-corrected chi connectivity index (χ2v) is 7.26. The third kappa shape index (κ3) is 3.00. The summed E-state index contributed by atoms with van der Waals surface area (Å²) < 4.78 is 5.45. The summed E-state index contributed by atoms with van der Waals surface area (Å²) >= 11 is 0. The molecule has 5 rings (SSSR count). The van der Waals surface area contributed by atoms with Crippen LogP contribution in [-0.2, 0) is 0 Å². The number of carbonyl (C=O) groups excluding carboxylic acids is 1. The van der Waals surface area contributed by atoms with E-state index in [1.807, 2.05) is 30.3 Å². The van der Waals surface area contributed by atoms with Crippen molar-refractivity contribution >= 4 is 5.91 Å². The molecular formula is C20H19N5O3. The summed E-state index contributed by atoms with van der Waals surface area (Å²) in [6, 6.07) is 9.20. The number of H-pyrrole nitrogens is 1. The van der Waals surface area contributed by atoms with E-state index in [1.165, 1.54) is 6.20 Å². The number of hydrogen-bond donors (Lipinski definition) is 1. The van der Waals surface area contributed by atoms with Gasteiger partial charge in [-0.25, -0.2) is 4.98 Å². The molecule has 0 bridgehead atoms. The van der Waals surface area contributed by atoms with Gasteiger partial charge in [0.05, 0.1) is 0 Å². The second-order valence-electron chi connectivity index (χ2n) is 7.26. The van der Waals surface area contributed by atoms with E-state index in [-0.39, 0.29) is 23.1 Å². The van der Waals surface area contributed by atoms with Gasteiger partial charge in [0.15, 0.2) is 0 Å². The molecule has 2 aliphatic rings. The topological polar surface area (TPSA) is 105 Å². The Bertz CT molecular complexity index is 1070. The number of aromatic nitrogens is 4. The van der Waals surface area contributed by atoms with Gasteiger partial charge in [-0.05, 0) is 25.7 Å². The van der Waals surface area contributed by atoms with Crippen molar-refractivity contribution < 1.29 is 9.32 Å². The van der Waals surface area contributed by atoms with Crippen molar-refractivity contribution in [2.45, 2.75) is 37.6 Å². The molecule has 142 valence electrons. The number of likely N-dealkylation sites (tertiary alicyclic amines) is 1. The third-order valence-electron chi connectivity index (χ3n) is 5.29. The summed E-state index contributed by atoms with van der Waals surface area (Å²) in [5.41, 5.74) is 0.520. The molecule has 0 radical (unpaired) electrons. The predicted molar refractivity (Wildman–Crippen MR) is 99.6 cm³/mol. The fraction of sp³-hybridized carbons (Fsp3) is 0.350. The molecule has 1 saturated heterocycles. The maximum Gasteiger partial charge on any atom is 0.263 e. The molecule has 8 nitrogen and oxygen atoms in total. The van der Waals surface area contributed by atoms with Gasteiger partial charge in [0, 0.05) is 24.2 Å². The van der Waals surface area contributed by atoms with Crippen LogP contribution in [0.1, 0.15) is 59.7 Å². The Morgan fingerprint density at radius 3 is 2.75 bits per heavy atom. The normalized spacial score (nSPS) is 19.1. The standard InChI is InChI=1S/C20H19N5O3/c26-18-14(11-21-16(22-18)13-8-9-13)20(27)25-10-4-7-15(25)19-23-17(24-28-19)12-5-2-1-3-6-12/h1-3,5-6,11,13,15H,4,7-10H2,(H,21,22,26)/t15-/m1/s1. The van der Waals surface area contributed by atoms with Gasteiger partial charge >= 0.3 is 0 Å². The largest absolute Gasteiger partial charge is 0.337 e. The van der Waals surface area contributed by atoms with Crippen LogP contribution in [0, 0.1) is 0 Å². The Hall–Kier alpha value is -3.29. The van der Waals surface area contributed by atoms with Gasteiger partial charge in [-0.1, -0.05) is 35.5 Å². The van der Waals surface area contributed by atoms with Crippen LogP contribution in [0.5, 0.6) is 0 Å². The zero-order valence-corrected chi connectivity index (χ0v) is 15.2. The number of rotatable bonds is 4. The lowest BCUT2D eigenvalue weighted by atomic mass is 10.2. The first-order chi connectivity index (χ1) is 13.7. The van der Waals surface area contributed by atoms with Gasteiger partial charge in [-0.3, -0.25) is 9.59 Å². The molecule has 8 heteroatoms. The van der Waals surface area contributed by atoms with Crippen LogP contribution in [-0.4, -0.2) is 37.5 Å². The van der Waals surface area contributed by atoms with Crippen molar-refractivity contribution in [2.24, 2.45) is 0 Å². The van der Waals surface area contributed by atoms with E-state index in [0.29, 0.717) is 36.4 Å². The van der Waals surface area contributed by atoms with E-state index in [0.717, 1.165) is 24.8 Å². The van der Waals surface area contributed by atoms with E-state index in [1.54, 1.807) is 4.90 Å². The van der Waals surface area contributed by atoms with Crippen LogP contribution in [0.15, 0.2) is 45.8 Å². The predicted octanol–water partition coefficient (Wildman–Crippen LogP) is 2.67. The van der Waals surface area contributed by atoms with Gasteiger partial charge in [-0.15, -0.1) is 0 Å². The molecule has 1 aromatic carbocycles. The molecule has 1 aliphatic carbocycles. The number of benzene rings is 1. The maximum atomic E-state index is 13.0. The van der Waals surface area contributed by atoms with Crippen molar-refractivity contribution in [3.63, 3.8) is 0 Å². The molecule has 2 fully saturated rings. The van der Waals surface area contributed by atoms with Crippen LogP contribution in [0.25, 0.3) is 11.4 Å². The molecule has 1 atom stereocenters. The van der Waals surface area contributed by atoms with Gasteiger partial charge in [-0.2, -0.15) is 4.98 Å². The molecule has 3 heterocycles. The summed E-state index contributed by atoms with van der Waals surface area (Å²) in [4.78, 5) is 38.6. The smallest absolute Gasteiger partial charge is 0.263 e. The lowest BCUT2D eigenvalue weighted by Crippen LogP contribution is -2.35. The second kappa shape index (κ2) is 6.70. The average molecular weight is 377 g/mol. The fourth-order valence-electron chi connectivity index (χ4n) is 3.62. The molecule has 2 aromatic heterocycles. The number of hydrogen-bond acceptors (Lipinski definition) is 6. The fourth-order valence-corrected chi connectivity index (χ4v) is 3.62. The summed E-state index contributed by atoms with van der Waals surface area (Å²) in [6.07, 6.45) is 4.99. The highest BCUT2D eigenvalue weighted by molar-refractivity contribution is 5.94. The highest BCUT2D eigenvalue weighted by atomic mass is 16.5. The summed E-state index contributed by atoms with van der Waals surface area (Å²) in [5, 5.41) is 4.05. The minimum atomic E-state index is -0.386. The first kappa shape index (κ1) is 16.9. The molecular weight excluding hydrogens is 358 g/mol. The van der Waals surface area contributed by atoms with Crippen molar-refractivity contribution in [1.82, 2.24) is 25.0 Å². The first-order valence-electron chi connectivity index (χ1n) is 9.50. The molecule has 3 aromatic rings. The first-order valence-corrected chi connectivity index (χ1v) is 9.50. The molecule has 1 saturated carbocycles. The Morgan fingerprint density at radius 1 is 1.18 bits per heavy atom. The minimum absolute atomic E-state index is 0.0547. The molecule has 0 spiro atoms. The SMILES string of the molecule is O=C(c1cnc(C2CC2)[nH]c1=O)N1CCC[C@@H]1c1nc(-c2ccccc2)no1. The van der Waals surface area contributed by atoms with Crippen LogP contribution in [0.4, 0.5) is 0 Å². The van der Waals surface area contributed by atoms with Crippen molar-refractivity contribution in [3.05, 3.63) is 64.2 Å². The molecule has 28 heavy (non-hydrogen) atoms. The highest BCUT2D eigenvalue weighted by Crippen LogP contribution is 2.37. The van der Waals surface area contributed by atoms with E-state index in [9.17, 15) is 9.59 Å². The molecule has 1 N–H and O–H groups in total. The lowest BCUT2D eigenvalue weighted by Gasteiger charge is -2.21. The number of nitrogens with one attached hydrogen (secondary N) is 1. The highest BCUT2D eigenvalue weighted by Gasteiger charge is 2.36. The summed E-state index contributed by atoms with van der Waals surface area (Å²) in [5.74, 6) is 1.53. The number of carbonyl (C=O) groups is 1. The van der Waals surface area contributed by atoms with Gasteiger partial charge < -0.3 is 14.4 Å². The Balaban J connectivity index is 1.40. The summed E-state index contributed by atoms with van der Waals surface area (Å²) in [7, 11) is 0. The number of nitrogens with zero attached hydrogens (tertiary/aromatic N) is 4. The van der Waals surface area contributed by atoms with Crippen LogP contribution < -0.4 is 5.56 Å². The Labute approximate surface area is 160 Å². The van der Waals surface area contributed by atoms with E-state index >= 15 is 0 Å².